The molecule has 0 saturated carbocycles. The maximum Gasteiger partial charge on any atom is 0.217 e. The Labute approximate surface area is 369 Å². The number of aliphatic hydroxyl groups is 14. The average Bonchev–Trinajstić information content (AvgIpc) is 3.25. The molecule has 17 N–H and O–H groups in total. The number of aliphatic hydroxyl groups excluding tert-OH is 14. The first kappa shape index (κ1) is 53.4. The van der Waals surface area contributed by atoms with Crippen LogP contribution in [-0.2, 0) is 57.0 Å². The number of carbonyl (C=O) groups excluding carboxylic acids is 3. The van der Waals surface area contributed by atoms with Gasteiger partial charge in [-0.15, -0.1) is 0 Å². The summed E-state index contributed by atoms with van der Waals surface area (Å²) < 4.78 is 51.6. The summed E-state index contributed by atoms with van der Waals surface area (Å²) in [6, 6.07) is -4.80. The second-order valence-corrected chi connectivity index (χ2v) is 16.2. The molecule has 25 atom stereocenters. The highest BCUT2D eigenvalue weighted by atomic mass is 16.8. The van der Waals surface area contributed by atoms with E-state index >= 15 is 0 Å². The lowest BCUT2D eigenvalue weighted by molar-refractivity contribution is -0.374. The Hall–Kier alpha value is -2.51. The van der Waals surface area contributed by atoms with Gasteiger partial charge in [0.05, 0.1) is 33.0 Å². The highest BCUT2D eigenvalue weighted by Crippen LogP contribution is 2.35. The first-order valence-corrected chi connectivity index (χ1v) is 20.6. The minimum absolute atomic E-state index is 0.724. The van der Waals surface area contributed by atoms with E-state index in [0.29, 0.717) is 0 Å². The van der Waals surface area contributed by atoms with Crippen molar-refractivity contribution >= 4 is 17.7 Å². The van der Waals surface area contributed by atoms with Crippen molar-refractivity contribution in [3.8, 4) is 0 Å². The van der Waals surface area contributed by atoms with Gasteiger partial charge in [-0.1, -0.05) is 0 Å². The Kier molecular flexibility index (Phi) is 19.1. The van der Waals surface area contributed by atoms with Gasteiger partial charge in [-0.05, 0) is 0 Å². The molecule has 376 valence electrons. The minimum Gasteiger partial charge on any atom is -0.394 e. The van der Waals surface area contributed by atoms with E-state index < -0.39 is 204 Å². The van der Waals surface area contributed by atoms with Crippen LogP contribution in [0.5, 0.6) is 0 Å². The summed E-state index contributed by atoms with van der Waals surface area (Å²) in [5, 5.41) is 156. The molecule has 0 spiro atoms. The Balaban J connectivity index is 1.43. The van der Waals surface area contributed by atoms with Crippen LogP contribution in [0.2, 0.25) is 0 Å². The second-order valence-electron chi connectivity index (χ2n) is 16.2. The molecule has 5 rings (SSSR count). The highest BCUT2D eigenvalue weighted by Gasteiger charge is 2.56. The second kappa shape index (κ2) is 23.2. The fourth-order valence-electron chi connectivity index (χ4n) is 8.14. The zero-order valence-corrected chi connectivity index (χ0v) is 35.1. The smallest absolute Gasteiger partial charge is 0.217 e. The predicted molar refractivity (Wildman–Crippen MR) is 201 cm³/mol. The van der Waals surface area contributed by atoms with Crippen LogP contribution in [0.15, 0.2) is 0 Å². The zero-order valence-electron chi connectivity index (χ0n) is 35.1. The van der Waals surface area contributed by atoms with E-state index in [4.69, 9.17) is 42.6 Å². The van der Waals surface area contributed by atoms with Gasteiger partial charge in [0.25, 0.3) is 0 Å². The fraction of sp³-hybridized carbons (Fsp3) is 0.917. The molecule has 0 radical (unpaired) electrons. The van der Waals surface area contributed by atoms with Crippen LogP contribution >= 0.6 is 0 Å². The summed E-state index contributed by atoms with van der Waals surface area (Å²) in [6.07, 6.45) is -39.9. The fourth-order valence-corrected chi connectivity index (χ4v) is 8.14. The first-order valence-electron chi connectivity index (χ1n) is 20.6. The Morgan fingerprint density at radius 2 is 0.800 bits per heavy atom. The molecule has 0 bridgehead atoms. The Morgan fingerprint density at radius 3 is 1.32 bits per heavy atom. The van der Waals surface area contributed by atoms with Crippen LogP contribution in [0.3, 0.4) is 0 Å². The Morgan fingerprint density at radius 1 is 0.400 bits per heavy atom. The highest BCUT2D eigenvalue weighted by molar-refractivity contribution is 5.74. The van der Waals surface area contributed by atoms with Crippen LogP contribution < -0.4 is 16.0 Å². The van der Waals surface area contributed by atoms with Gasteiger partial charge in [0.2, 0.25) is 17.7 Å². The molecular weight excluding hydrogens is 890 g/mol. The van der Waals surface area contributed by atoms with E-state index in [2.05, 4.69) is 16.0 Å². The van der Waals surface area contributed by atoms with Crippen molar-refractivity contribution in [1.29, 1.82) is 0 Å². The summed E-state index contributed by atoms with van der Waals surface area (Å²) in [4.78, 5) is 36.5. The number of hydrogen-bond acceptors (Lipinski definition) is 26. The summed E-state index contributed by atoms with van der Waals surface area (Å²) in [5.41, 5.74) is 0. The summed E-state index contributed by atoms with van der Waals surface area (Å²) >= 11 is 0. The van der Waals surface area contributed by atoms with E-state index in [0.717, 1.165) is 20.8 Å². The topological polar surface area (TPSA) is 454 Å². The average molecular weight is 952 g/mol. The first-order chi connectivity index (χ1) is 30.7. The van der Waals surface area contributed by atoms with Crippen LogP contribution in [0.1, 0.15) is 20.8 Å². The quantitative estimate of drug-likeness (QED) is 0.0683. The Bertz CT molecular complexity index is 1560. The molecular formula is C36H61N3O26. The molecule has 29 heteroatoms. The molecule has 29 nitrogen and oxygen atoms in total. The van der Waals surface area contributed by atoms with Crippen LogP contribution in [0.25, 0.3) is 0 Å². The zero-order chi connectivity index (χ0) is 48.2. The summed E-state index contributed by atoms with van der Waals surface area (Å²) in [5.74, 6) is -2.26. The molecule has 5 fully saturated rings. The van der Waals surface area contributed by atoms with E-state index in [1.165, 1.54) is 0 Å². The van der Waals surface area contributed by atoms with E-state index in [-0.39, 0.29) is 0 Å². The molecule has 5 saturated heterocycles. The van der Waals surface area contributed by atoms with E-state index in [1.54, 1.807) is 0 Å². The van der Waals surface area contributed by atoms with Gasteiger partial charge in [-0.25, -0.2) is 0 Å². The maximum absolute atomic E-state index is 12.4. The van der Waals surface area contributed by atoms with Gasteiger partial charge < -0.3 is 130 Å². The lowest BCUT2D eigenvalue weighted by atomic mass is 9.94. The summed E-state index contributed by atoms with van der Waals surface area (Å²) in [7, 11) is 0. The lowest BCUT2D eigenvalue weighted by Gasteiger charge is -2.49. The molecule has 1 unspecified atom stereocenters. The van der Waals surface area contributed by atoms with Gasteiger partial charge in [0, 0.05) is 20.8 Å². The predicted octanol–water partition coefficient (Wildman–Crippen LogP) is -11.5. The van der Waals surface area contributed by atoms with Crippen molar-refractivity contribution in [3.63, 3.8) is 0 Å². The third-order valence-corrected chi connectivity index (χ3v) is 11.5. The molecule has 0 aromatic heterocycles. The third kappa shape index (κ3) is 12.0. The van der Waals surface area contributed by atoms with Crippen molar-refractivity contribution < 1.29 is 129 Å². The monoisotopic (exact) mass is 951 g/mol. The number of rotatable bonds is 16. The number of amides is 3. The van der Waals surface area contributed by atoms with Gasteiger partial charge in [0.15, 0.2) is 31.5 Å². The van der Waals surface area contributed by atoms with E-state index in [9.17, 15) is 85.9 Å². The van der Waals surface area contributed by atoms with Crippen molar-refractivity contribution in [1.82, 2.24) is 16.0 Å². The SMILES string of the molecule is CC(=O)N[C@H]1[C@H](OC[C@H]2O[C@@H](O[C@H]3[C@H](O)[C@@H](NC(C)=O)C(O)O[C@@H]3CO)[C@H](O)[C@@H](O[C@@H]3O[C@H](CO)[C@@H](O)[C@H](O)[C@H]3NC(C)=O)[C@H]2O)O[C@H](CO)[C@@H](O[C@@H]2O[C@H](CO)[C@H](O)[C@H](O)[C@H]2O)[C@@H]1O. The largest absolute Gasteiger partial charge is 0.394 e. The van der Waals surface area contributed by atoms with Crippen LogP contribution in [0, 0.1) is 0 Å². The van der Waals surface area contributed by atoms with Gasteiger partial charge in [-0.2, -0.15) is 0 Å². The molecule has 5 aliphatic heterocycles. The van der Waals surface area contributed by atoms with Crippen molar-refractivity contribution in [2.24, 2.45) is 0 Å². The number of carbonyl (C=O) groups is 3. The van der Waals surface area contributed by atoms with Gasteiger partial charge in [0.1, 0.15) is 122 Å². The van der Waals surface area contributed by atoms with Crippen molar-refractivity contribution in [2.75, 3.05) is 33.0 Å². The van der Waals surface area contributed by atoms with Crippen LogP contribution in [-0.4, -0.2) is 276 Å². The standard InChI is InChI=1S/C36H61N3O26/c1-9(44)37-17-24(51)29(14(6-42)58-32(17)56)64-36-28(55)31(65-34-18(38-10(2)45)23(50)20(47)12(4-40)59-34)22(49)16(62-36)8-57-33-19(39-11(3)46)25(52)30(15(7-43)61-33)63-35-27(54)26(53)21(48)13(5-41)60-35/h12-36,40-43,47-56H,4-8H2,1-3H3,(H,37,44)(H,38,45)(H,39,46)/t12-,13-,14-,15-,16-,17-,18-,19-,20-,21+,22+,23-,24-,25-,26+,27-,28-,29-,30-,31+,32?,33-,34+,35+,36+/m1/s1. The maximum atomic E-state index is 12.4. The number of hydrogen-bond donors (Lipinski definition) is 17. The molecule has 0 aliphatic carbocycles. The van der Waals surface area contributed by atoms with Crippen molar-refractivity contribution in [2.45, 2.75) is 174 Å². The molecule has 5 heterocycles. The van der Waals surface area contributed by atoms with Gasteiger partial charge >= 0.3 is 0 Å². The minimum atomic E-state index is -2.16. The normalized spacial score (nSPS) is 47.1. The third-order valence-electron chi connectivity index (χ3n) is 11.5. The van der Waals surface area contributed by atoms with Gasteiger partial charge in [-0.3, -0.25) is 14.4 Å². The lowest BCUT2D eigenvalue weighted by Crippen LogP contribution is -2.69. The molecule has 0 aromatic carbocycles. The molecule has 5 aliphatic rings. The number of nitrogens with one attached hydrogen (secondary N) is 3. The number of ether oxygens (including phenoxy) is 9. The van der Waals surface area contributed by atoms with E-state index in [1.807, 2.05) is 0 Å². The van der Waals surface area contributed by atoms with Crippen molar-refractivity contribution in [3.05, 3.63) is 0 Å². The molecule has 3 amide bonds. The van der Waals surface area contributed by atoms with Crippen LogP contribution in [0.4, 0.5) is 0 Å². The molecule has 0 aromatic rings. The summed E-state index contributed by atoms with van der Waals surface area (Å²) in [6.45, 7) is -1.28. The molecule has 65 heavy (non-hydrogen) atoms.